The summed E-state index contributed by atoms with van der Waals surface area (Å²) < 4.78 is 7.32. The molecule has 34 heavy (non-hydrogen) atoms. The third-order valence-corrected chi connectivity index (χ3v) is 5.54. The molecule has 2 N–H and O–H groups in total. The second-order valence-corrected chi connectivity index (χ2v) is 7.73. The Morgan fingerprint density at radius 1 is 1.00 bits per heavy atom. The first-order valence-corrected chi connectivity index (χ1v) is 10.6. The molecule has 5 aromatic rings. The Morgan fingerprint density at radius 3 is 2.65 bits per heavy atom. The van der Waals surface area contributed by atoms with E-state index in [1.165, 1.54) is 4.52 Å². The van der Waals surface area contributed by atoms with E-state index in [9.17, 15) is 5.26 Å². The van der Waals surface area contributed by atoms with Crippen molar-refractivity contribution in [2.75, 3.05) is 5.73 Å². The highest BCUT2D eigenvalue weighted by Crippen LogP contribution is 2.37. The van der Waals surface area contributed by atoms with Gasteiger partial charge >= 0.3 is 6.01 Å². The Bertz CT molecular complexity index is 1570. The van der Waals surface area contributed by atoms with Gasteiger partial charge < -0.3 is 10.5 Å². The maximum Gasteiger partial charge on any atom is 0.336 e. The number of hydrogen-bond acceptors (Lipinski definition) is 8. The standard InChI is InChI=1S/C25H20N8O/c1-15-6-5-10-29-20(15)14-34-25-31-23-21(18-9-11-28-13-16(18)2)22(30-24(27)33(23)32-25)19-8-4-3-7-17(19)12-26/h3-11,13H,14H2,1-2H3,(H2,27,30). The molecule has 0 aliphatic heterocycles. The van der Waals surface area contributed by atoms with Crippen LogP contribution in [-0.2, 0) is 6.61 Å². The van der Waals surface area contributed by atoms with Gasteiger partial charge in [-0.25, -0.2) is 4.98 Å². The van der Waals surface area contributed by atoms with Crippen LogP contribution in [-0.4, -0.2) is 29.5 Å². The van der Waals surface area contributed by atoms with E-state index in [4.69, 9.17) is 10.5 Å². The summed E-state index contributed by atoms with van der Waals surface area (Å²) in [6.07, 6.45) is 5.18. The van der Waals surface area contributed by atoms with Crippen LogP contribution in [0.3, 0.4) is 0 Å². The summed E-state index contributed by atoms with van der Waals surface area (Å²) in [5.74, 6) is 0.129. The van der Waals surface area contributed by atoms with Gasteiger partial charge in [-0.3, -0.25) is 9.97 Å². The van der Waals surface area contributed by atoms with Gasteiger partial charge in [0.1, 0.15) is 6.61 Å². The first kappa shape index (κ1) is 21.0. The molecule has 0 bridgehead atoms. The van der Waals surface area contributed by atoms with Crippen molar-refractivity contribution < 1.29 is 4.74 Å². The number of fused-ring (bicyclic) bond motifs is 1. The molecule has 0 atom stereocenters. The molecule has 0 radical (unpaired) electrons. The molecule has 4 heterocycles. The number of nitrogen functional groups attached to an aromatic ring is 1. The molecule has 0 aliphatic rings. The molecule has 0 amide bonds. The van der Waals surface area contributed by atoms with Crippen molar-refractivity contribution in [1.82, 2.24) is 29.5 Å². The Kier molecular flexibility index (Phi) is 5.32. The van der Waals surface area contributed by atoms with E-state index in [2.05, 4.69) is 31.1 Å². The highest BCUT2D eigenvalue weighted by Gasteiger charge is 2.23. The summed E-state index contributed by atoms with van der Waals surface area (Å²) in [5, 5.41) is 14.1. The van der Waals surface area contributed by atoms with Gasteiger partial charge in [-0.1, -0.05) is 24.3 Å². The maximum atomic E-state index is 9.70. The molecule has 0 saturated heterocycles. The van der Waals surface area contributed by atoms with Crippen LogP contribution < -0.4 is 10.5 Å². The fourth-order valence-corrected chi connectivity index (χ4v) is 3.79. The predicted molar refractivity (Wildman–Crippen MR) is 127 cm³/mol. The molecular formula is C25H20N8O. The van der Waals surface area contributed by atoms with E-state index in [0.717, 1.165) is 22.4 Å². The second kappa shape index (κ2) is 8.60. The zero-order chi connectivity index (χ0) is 23.7. The van der Waals surface area contributed by atoms with Crippen molar-refractivity contribution in [3.05, 3.63) is 83.4 Å². The molecule has 0 fully saturated rings. The minimum atomic E-state index is 0.129. The normalized spacial score (nSPS) is 10.9. The van der Waals surface area contributed by atoms with E-state index in [0.29, 0.717) is 28.0 Å². The maximum absolute atomic E-state index is 9.70. The number of anilines is 1. The van der Waals surface area contributed by atoms with E-state index >= 15 is 0 Å². The molecule has 0 saturated carbocycles. The zero-order valence-corrected chi connectivity index (χ0v) is 18.6. The largest absolute Gasteiger partial charge is 0.456 e. The van der Waals surface area contributed by atoms with Gasteiger partial charge in [0, 0.05) is 24.2 Å². The Morgan fingerprint density at radius 2 is 1.85 bits per heavy atom. The summed E-state index contributed by atoms with van der Waals surface area (Å²) in [6.45, 7) is 4.13. The van der Waals surface area contributed by atoms with Crippen molar-refractivity contribution >= 4 is 11.6 Å². The summed E-state index contributed by atoms with van der Waals surface area (Å²) in [7, 11) is 0. The molecule has 4 aromatic heterocycles. The average Bonchev–Trinajstić information content (AvgIpc) is 3.29. The van der Waals surface area contributed by atoms with E-state index in [-0.39, 0.29) is 18.6 Å². The van der Waals surface area contributed by atoms with E-state index in [1.54, 1.807) is 24.7 Å². The van der Waals surface area contributed by atoms with Gasteiger partial charge in [-0.05, 0) is 48.7 Å². The van der Waals surface area contributed by atoms with Gasteiger partial charge in [-0.15, -0.1) is 5.10 Å². The van der Waals surface area contributed by atoms with Crippen LogP contribution in [0, 0.1) is 25.2 Å². The topological polar surface area (TPSA) is 128 Å². The molecule has 166 valence electrons. The van der Waals surface area contributed by atoms with Crippen LogP contribution >= 0.6 is 0 Å². The van der Waals surface area contributed by atoms with Crippen molar-refractivity contribution in [1.29, 1.82) is 5.26 Å². The molecule has 9 nitrogen and oxygen atoms in total. The Hall–Kier alpha value is -4.84. The molecule has 0 aliphatic carbocycles. The molecular weight excluding hydrogens is 428 g/mol. The van der Waals surface area contributed by atoms with E-state index < -0.39 is 0 Å². The molecule has 0 spiro atoms. The summed E-state index contributed by atoms with van der Waals surface area (Å²) in [4.78, 5) is 17.9. The van der Waals surface area contributed by atoms with Crippen molar-refractivity contribution in [3.8, 4) is 34.5 Å². The number of benzene rings is 1. The van der Waals surface area contributed by atoms with Gasteiger partial charge in [0.25, 0.3) is 0 Å². The number of nitrogens with two attached hydrogens (primary N) is 1. The quantitative estimate of drug-likeness (QED) is 0.429. The van der Waals surface area contributed by atoms with Crippen molar-refractivity contribution in [3.63, 3.8) is 0 Å². The lowest BCUT2D eigenvalue weighted by atomic mass is 9.95. The average molecular weight is 448 g/mol. The van der Waals surface area contributed by atoms with Crippen LogP contribution in [0.15, 0.2) is 61.1 Å². The SMILES string of the molecule is Cc1cnccc1-c1c(-c2ccccc2C#N)nc(N)n2nc(OCc3ncccc3C)nc12. The van der Waals surface area contributed by atoms with Crippen molar-refractivity contribution in [2.45, 2.75) is 20.5 Å². The molecule has 9 heteroatoms. The monoisotopic (exact) mass is 448 g/mol. The van der Waals surface area contributed by atoms with Gasteiger partial charge in [0.2, 0.25) is 5.95 Å². The van der Waals surface area contributed by atoms with E-state index in [1.807, 2.05) is 50.2 Å². The van der Waals surface area contributed by atoms with Crippen LogP contribution in [0.25, 0.3) is 28.0 Å². The number of hydrogen-bond donors (Lipinski definition) is 1. The lowest BCUT2D eigenvalue weighted by molar-refractivity contribution is 0.276. The Labute approximate surface area is 195 Å². The third kappa shape index (κ3) is 3.67. The minimum absolute atomic E-state index is 0.129. The highest BCUT2D eigenvalue weighted by molar-refractivity contribution is 5.93. The molecule has 1 aromatic carbocycles. The Balaban J connectivity index is 1.72. The number of ether oxygens (including phenoxy) is 1. The highest BCUT2D eigenvalue weighted by atomic mass is 16.5. The smallest absolute Gasteiger partial charge is 0.336 e. The van der Waals surface area contributed by atoms with Crippen LogP contribution in [0.2, 0.25) is 0 Å². The lowest BCUT2D eigenvalue weighted by Crippen LogP contribution is -2.07. The number of aryl methyl sites for hydroxylation is 2. The first-order chi connectivity index (χ1) is 16.6. The van der Waals surface area contributed by atoms with Crippen LogP contribution in [0.5, 0.6) is 6.01 Å². The van der Waals surface area contributed by atoms with Crippen LogP contribution in [0.1, 0.15) is 22.4 Å². The zero-order valence-electron chi connectivity index (χ0n) is 18.6. The predicted octanol–water partition coefficient (Wildman–Crippen LogP) is 3.90. The number of nitrogens with zero attached hydrogens (tertiary/aromatic N) is 7. The fraction of sp³-hybridized carbons (Fsp3) is 0.120. The molecule has 0 unspecified atom stereocenters. The number of aromatic nitrogens is 6. The number of nitriles is 1. The van der Waals surface area contributed by atoms with Crippen LogP contribution in [0.4, 0.5) is 5.95 Å². The second-order valence-electron chi connectivity index (χ2n) is 7.73. The fourth-order valence-electron chi connectivity index (χ4n) is 3.79. The molecule has 5 rings (SSSR count). The lowest BCUT2D eigenvalue weighted by Gasteiger charge is -2.14. The summed E-state index contributed by atoms with van der Waals surface area (Å²) >= 11 is 0. The van der Waals surface area contributed by atoms with Gasteiger partial charge in [0.05, 0.1) is 28.6 Å². The summed E-state index contributed by atoms with van der Waals surface area (Å²) in [6, 6.07) is 15.4. The van der Waals surface area contributed by atoms with Gasteiger partial charge in [-0.2, -0.15) is 14.8 Å². The third-order valence-electron chi connectivity index (χ3n) is 5.54. The van der Waals surface area contributed by atoms with Crippen molar-refractivity contribution in [2.24, 2.45) is 0 Å². The number of rotatable bonds is 5. The number of pyridine rings is 2. The first-order valence-electron chi connectivity index (χ1n) is 10.6. The summed E-state index contributed by atoms with van der Waals surface area (Å²) in [5.41, 5.74) is 12.7. The minimum Gasteiger partial charge on any atom is -0.456 e. The van der Waals surface area contributed by atoms with Gasteiger partial charge in [0.15, 0.2) is 5.65 Å².